The number of nitrogens with one attached hydrogen (secondary N) is 2. The van der Waals surface area contributed by atoms with Gasteiger partial charge in [0.2, 0.25) is 0 Å². The number of benzene rings is 1. The molecule has 5 nitrogen and oxygen atoms in total. The van der Waals surface area contributed by atoms with Crippen molar-refractivity contribution in [1.82, 2.24) is 4.98 Å². The lowest BCUT2D eigenvalue weighted by molar-refractivity contribution is 0.102. The Labute approximate surface area is 109 Å². The summed E-state index contributed by atoms with van der Waals surface area (Å²) in [6.45, 7) is 1.77. The van der Waals surface area contributed by atoms with Gasteiger partial charge in [-0.3, -0.25) is 15.6 Å². The van der Waals surface area contributed by atoms with Gasteiger partial charge in [0.25, 0.3) is 5.91 Å². The van der Waals surface area contributed by atoms with E-state index in [1.807, 2.05) is 0 Å². The van der Waals surface area contributed by atoms with Crippen LogP contribution in [0.15, 0.2) is 36.5 Å². The second-order valence-corrected chi connectivity index (χ2v) is 4.01. The van der Waals surface area contributed by atoms with E-state index in [2.05, 4.69) is 15.7 Å². The van der Waals surface area contributed by atoms with Gasteiger partial charge in [-0.1, -0.05) is 6.07 Å². The zero-order chi connectivity index (χ0) is 13.8. The normalized spacial score (nSPS) is 10.1. The molecule has 2 rings (SSSR count). The minimum absolute atomic E-state index is 0.114. The van der Waals surface area contributed by atoms with Crippen LogP contribution in [-0.4, -0.2) is 10.9 Å². The molecule has 1 heterocycles. The van der Waals surface area contributed by atoms with E-state index in [1.165, 1.54) is 24.4 Å². The quantitative estimate of drug-likeness (QED) is 0.583. The average molecular weight is 260 g/mol. The predicted molar refractivity (Wildman–Crippen MR) is 71.1 cm³/mol. The fourth-order valence-electron chi connectivity index (χ4n) is 1.55. The Morgan fingerprint density at radius 3 is 2.79 bits per heavy atom. The summed E-state index contributed by atoms with van der Waals surface area (Å²) in [5.74, 6) is 4.26. The van der Waals surface area contributed by atoms with Gasteiger partial charge in [0.15, 0.2) is 0 Å². The molecule has 0 aliphatic rings. The standard InChI is InChI=1S/C13H13FN4O/c1-8-2-3-11(10(14)6-8)17-13(19)12-7-9(18-15)4-5-16-12/h2-7H,15H2,1H3,(H,16,18)(H,17,19). The summed E-state index contributed by atoms with van der Waals surface area (Å²) in [6, 6.07) is 7.66. The van der Waals surface area contributed by atoms with Crippen molar-refractivity contribution in [2.75, 3.05) is 10.7 Å². The van der Waals surface area contributed by atoms with Crippen molar-refractivity contribution in [2.24, 2.45) is 5.84 Å². The number of amides is 1. The molecule has 6 heteroatoms. The number of pyridine rings is 1. The highest BCUT2D eigenvalue weighted by Gasteiger charge is 2.11. The van der Waals surface area contributed by atoms with Gasteiger partial charge in [0, 0.05) is 6.20 Å². The Bertz CT molecular complexity index is 615. The highest BCUT2D eigenvalue weighted by atomic mass is 19.1. The lowest BCUT2D eigenvalue weighted by Crippen LogP contribution is -2.15. The third-order valence-electron chi connectivity index (χ3n) is 2.53. The molecule has 1 aromatic heterocycles. The van der Waals surface area contributed by atoms with Crippen LogP contribution in [0.1, 0.15) is 16.1 Å². The number of anilines is 2. The smallest absolute Gasteiger partial charge is 0.274 e. The summed E-state index contributed by atoms with van der Waals surface area (Å²) >= 11 is 0. The lowest BCUT2D eigenvalue weighted by Gasteiger charge is -2.07. The van der Waals surface area contributed by atoms with Crippen molar-refractivity contribution in [3.63, 3.8) is 0 Å². The van der Waals surface area contributed by atoms with Gasteiger partial charge >= 0.3 is 0 Å². The van der Waals surface area contributed by atoms with E-state index in [1.54, 1.807) is 19.1 Å². The van der Waals surface area contributed by atoms with E-state index < -0.39 is 11.7 Å². The van der Waals surface area contributed by atoms with Gasteiger partial charge in [-0.25, -0.2) is 4.39 Å². The molecule has 0 aliphatic heterocycles. The Morgan fingerprint density at radius 2 is 2.11 bits per heavy atom. The van der Waals surface area contributed by atoms with Gasteiger partial charge in [-0.2, -0.15) is 0 Å². The van der Waals surface area contributed by atoms with E-state index in [9.17, 15) is 9.18 Å². The number of nitrogens with two attached hydrogens (primary N) is 1. The number of aromatic nitrogens is 1. The molecule has 0 atom stereocenters. The number of hydrogen-bond acceptors (Lipinski definition) is 4. The molecule has 2 aromatic rings. The van der Waals surface area contributed by atoms with Crippen LogP contribution in [0.4, 0.5) is 15.8 Å². The second-order valence-electron chi connectivity index (χ2n) is 4.01. The molecule has 0 fully saturated rings. The summed E-state index contributed by atoms with van der Waals surface area (Å²) in [5.41, 5.74) is 4.00. The topological polar surface area (TPSA) is 80.0 Å². The molecule has 0 saturated heterocycles. The van der Waals surface area contributed by atoms with Crippen molar-refractivity contribution in [3.05, 3.63) is 53.6 Å². The van der Waals surface area contributed by atoms with Gasteiger partial charge in [0.05, 0.1) is 11.4 Å². The van der Waals surface area contributed by atoms with Crippen LogP contribution in [0.3, 0.4) is 0 Å². The van der Waals surface area contributed by atoms with Crippen LogP contribution in [0.2, 0.25) is 0 Å². The Morgan fingerprint density at radius 1 is 1.32 bits per heavy atom. The number of nitrogens with zero attached hydrogens (tertiary/aromatic N) is 1. The Balaban J connectivity index is 2.20. The first kappa shape index (κ1) is 13.0. The molecule has 0 unspecified atom stereocenters. The Hall–Kier alpha value is -2.47. The minimum Gasteiger partial charge on any atom is -0.324 e. The third-order valence-corrected chi connectivity index (χ3v) is 2.53. The van der Waals surface area contributed by atoms with Crippen molar-refractivity contribution < 1.29 is 9.18 Å². The second kappa shape index (κ2) is 5.45. The SMILES string of the molecule is Cc1ccc(NC(=O)c2cc(NN)ccn2)c(F)c1. The van der Waals surface area contributed by atoms with Crippen LogP contribution in [0, 0.1) is 12.7 Å². The monoisotopic (exact) mass is 260 g/mol. The average Bonchev–Trinajstić information content (AvgIpc) is 2.42. The zero-order valence-corrected chi connectivity index (χ0v) is 10.3. The van der Waals surface area contributed by atoms with Gasteiger partial charge in [0.1, 0.15) is 11.5 Å². The molecule has 0 spiro atoms. The fraction of sp³-hybridized carbons (Fsp3) is 0.0769. The maximum absolute atomic E-state index is 13.6. The zero-order valence-electron chi connectivity index (χ0n) is 10.3. The van der Waals surface area contributed by atoms with Crippen LogP contribution in [0.25, 0.3) is 0 Å². The third kappa shape index (κ3) is 3.05. The van der Waals surface area contributed by atoms with Gasteiger partial charge < -0.3 is 10.7 Å². The molecule has 98 valence electrons. The number of halogens is 1. The van der Waals surface area contributed by atoms with Crippen molar-refractivity contribution in [3.8, 4) is 0 Å². The number of hydrogen-bond donors (Lipinski definition) is 3. The van der Waals surface area contributed by atoms with E-state index in [-0.39, 0.29) is 11.4 Å². The molecule has 0 aliphatic carbocycles. The molecule has 0 saturated carbocycles. The Kier molecular flexibility index (Phi) is 3.72. The largest absolute Gasteiger partial charge is 0.324 e. The highest BCUT2D eigenvalue weighted by molar-refractivity contribution is 6.03. The van der Waals surface area contributed by atoms with Crippen molar-refractivity contribution >= 4 is 17.3 Å². The predicted octanol–water partition coefficient (Wildman–Crippen LogP) is 2.07. The molecule has 0 radical (unpaired) electrons. The fourth-order valence-corrected chi connectivity index (χ4v) is 1.55. The molecule has 0 bridgehead atoms. The molecular formula is C13H13FN4O. The number of carbonyl (C=O) groups is 1. The minimum atomic E-state index is -0.500. The first-order valence-electron chi connectivity index (χ1n) is 5.60. The summed E-state index contributed by atoms with van der Waals surface area (Å²) in [4.78, 5) is 15.8. The van der Waals surface area contributed by atoms with Crippen LogP contribution in [0.5, 0.6) is 0 Å². The maximum atomic E-state index is 13.6. The van der Waals surface area contributed by atoms with Crippen molar-refractivity contribution in [2.45, 2.75) is 6.92 Å². The van der Waals surface area contributed by atoms with Gasteiger partial charge in [-0.05, 0) is 36.8 Å². The number of aryl methyl sites for hydroxylation is 1. The first-order chi connectivity index (χ1) is 9.10. The van der Waals surface area contributed by atoms with E-state index in [0.717, 1.165) is 5.56 Å². The van der Waals surface area contributed by atoms with Crippen molar-refractivity contribution in [1.29, 1.82) is 0 Å². The highest BCUT2D eigenvalue weighted by Crippen LogP contribution is 2.16. The van der Waals surface area contributed by atoms with Gasteiger partial charge in [-0.15, -0.1) is 0 Å². The van der Waals surface area contributed by atoms with E-state index in [0.29, 0.717) is 5.69 Å². The van der Waals surface area contributed by atoms with E-state index >= 15 is 0 Å². The number of rotatable bonds is 3. The number of nitrogen functional groups attached to an aromatic ring is 1. The maximum Gasteiger partial charge on any atom is 0.274 e. The molecule has 4 N–H and O–H groups in total. The summed E-state index contributed by atoms with van der Waals surface area (Å²) < 4.78 is 13.6. The molecule has 1 aromatic carbocycles. The van der Waals surface area contributed by atoms with Crippen LogP contribution < -0.4 is 16.6 Å². The lowest BCUT2D eigenvalue weighted by atomic mass is 10.2. The number of carbonyl (C=O) groups excluding carboxylic acids is 1. The van der Waals surface area contributed by atoms with E-state index in [4.69, 9.17) is 5.84 Å². The molecular weight excluding hydrogens is 247 g/mol. The summed E-state index contributed by atoms with van der Waals surface area (Å²) in [7, 11) is 0. The molecule has 19 heavy (non-hydrogen) atoms. The summed E-state index contributed by atoms with van der Waals surface area (Å²) in [5, 5.41) is 2.46. The molecule has 1 amide bonds. The number of hydrazine groups is 1. The van der Waals surface area contributed by atoms with Crippen LogP contribution in [-0.2, 0) is 0 Å². The van der Waals surface area contributed by atoms with Crippen LogP contribution >= 0.6 is 0 Å². The first-order valence-corrected chi connectivity index (χ1v) is 5.60. The summed E-state index contributed by atoms with van der Waals surface area (Å²) in [6.07, 6.45) is 1.44.